The lowest BCUT2D eigenvalue weighted by molar-refractivity contribution is -0.146. The first-order valence-electron chi connectivity index (χ1n) is 17.9. The fourth-order valence-electron chi connectivity index (χ4n) is 3.75. The summed E-state index contributed by atoms with van der Waals surface area (Å²) < 4.78 is 64.1. The zero-order valence-electron chi connectivity index (χ0n) is 30.6. The highest BCUT2D eigenvalue weighted by Gasteiger charge is 2.05. The van der Waals surface area contributed by atoms with Crippen LogP contribution < -0.4 is 0 Å². The summed E-state index contributed by atoms with van der Waals surface area (Å²) in [4.78, 5) is 43.8. The van der Waals surface area contributed by atoms with Gasteiger partial charge < -0.3 is 67.1 Å². The van der Waals surface area contributed by atoms with Crippen LogP contribution in [-0.2, 0) is 76.0 Å². The van der Waals surface area contributed by atoms with Gasteiger partial charge in [0, 0.05) is 25.7 Å². The Morgan fingerprint density at radius 3 is 0.635 bits per heavy atom. The molecule has 0 fully saturated rings. The fraction of sp³-hybridized carbons (Fsp3) is 0.882. The van der Waals surface area contributed by atoms with Gasteiger partial charge in [0.1, 0.15) is 13.2 Å². The van der Waals surface area contributed by atoms with Gasteiger partial charge in [-0.25, -0.2) is 0 Å². The number of esters is 2. The average molecular weight is 759 g/mol. The predicted molar refractivity (Wildman–Crippen MR) is 182 cm³/mol. The Hall–Kier alpha value is -2.52. The number of carboxylic acids is 2. The number of carboxylic acid groups (broad SMARTS) is 2. The van der Waals surface area contributed by atoms with E-state index in [0.29, 0.717) is 145 Å². The molecular weight excluding hydrogens is 696 g/mol. The molecule has 0 aliphatic rings. The molecule has 18 heteroatoms. The van der Waals surface area contributed by atoms with E-state index in [2.05, 4.69) is 0 Å². The molecule has 0 saturated heterocycles. The predicted octanol–water partition coefficient (Wildman–Crippen LogP) is 1.53. The molecule has 52 heavy (non-hydrogen) atoms. The Kier molecular flexibility index (Phi) is 39.2. The van der Waals surface area contributed by atoms with Gasteiger partial charge in [-0.2, -0.15) is 0 Å². The van der Waals surface area contributed by atoms with Crippen molar-refractivity contribution in [2.45, 2.75) is 51.4 Å². The van der Waals surface area contributed by atoms with Crippen molar-refractivity contribution < 1.29 is 86.2 Å². The lowest BCUT2D eigenvalue weighted by atomic mass is 10.2. The zero-order chi connectivity index (χ0) is 38.0. The molecule has 0 bridgehead atoms. The molecule has 0 rings (SSSR count). The van der Waals surface area contributed by atoms with Crippen molar-refractivity contribution >= 4 is 23.9 Å². The van der Waals surface area contributed by atoms with Gasteiger partial charge in [-0.05, 0) is 25.7 Å². The largest absolute Gasteiger partial charge is 0.481 e. The van der Waals surface area contributed by atoms with E-state index < -0.39 is 11.9 Å². The van der Waals surface area contributed by atoms with Gasteiger partial charge in [-0.1, -0.05) is 0 Å². The number of unbranched alkanes of at least 4 members (excludes halogenated alkanes) is 2. The summed E-state index contributed by atoms with van der Waals surface area (Å²) in [6, 6.07) is 0. The third-order valence-corrected chi connectivity index (χ3v) is 6.37. The Morgan fingerprint density at radius 2 is 0.442 bits per heavy atom. The minimum atomic E-state index is -0.870. The first kappa shape index (κ1) is 49.5. The van der Waals surface area contributed by atoms with Gasteiger partial charge >= 0.3 is 23.9 Å². The Labute approximate surface area is 306 Å². The van der Waals surface area contributed by atoms with Gasteiger partial charge in [0.2, 0.25) is 0 Å². The van der Waals surface area contributed by atoms with Crippen LogP contribution in [0.5, 0.6) is 0 Å². The van der Waals surface area contributed by atoms with Crippen LogP contribution in [-0.4, -0.2) is 179 Å². The number of aliphatic carboxylic acids is 2. The van der Waals surface area contributed by atoms with Crippen molar-refractivity contribution in [3.8, 4) is 0 Å². The number of carbonyl (C=O) groups excluding carboxylic acids is 2. The van der Waals surface area contributed by atoms with Crippen LogP contribution in [0.3, 0.4) is 0 Å². The molecule has 0 heterocycles. The molecule has 306 valence electrons. The molecule has 0 amide bonds. The smallest absolute Gasteiger partial charge is 0.305 e. The van der Waals surface area contributed by atoms with Gasteiger partial charge in [-0.15, -0.1) is 0 Å². The summed E-state index contributed by atoms with van der Waals surface area (Å²) in [5.74, 6) is -2.45. The van der Waals surface area contributed by atoms with Crippen molar-refractivity contribution in [2.75, 3.05) is 145 Å². The maximum absolute atomic E-state index is 11.5. The highest BCUT2D eigenvalue weighted by Crippen LogP contribution is 2.02. The summed E-state index contributed by atoms with van der Waals surface area (Å²) >= 11 is 0. The van der Waals surface area contributed by atoms with E-state index in [9.17, 15) is 19.2 Å². The first-order chi connectivity index (χ1) is 25.4. The van der Waals surface area contributed by atoms with Crippen LogP contribution in [0.4, 0.5) is 0 Å². The molecule has 0 aromatic carbocycles. The fourth-order valence-corrected chi connectivity index (χ4v) is 3.75. The molecule has 0 atom stereocenters. The summed E-state index contributed by atoms with van der Waals surface area (Å²) in [6.07, 6.45) is 2.41. The second-order valence-electron chi connectivity index (χ2n) is 10.8. The van der Waals surface area contributed by atoms with Crippen molar-refractivity contribution in [3.63, 3.8) is 0 Å². The molecule has 2 N–H and O–H groups in total. The van der Waals surface area contributed by atoms with E-state index in [0.717, 1.165) is 0 Å². The molecule has 0 radical (unpaired) electrons. The summed E-state index contributed by atoms with van der Waals surface area (Å²) in [7, 11) is 0. The highest BCUT2D eigenvalue weighted by atomic mass is 16.6. The van der Waals surface area contributed by atoms with E-state index in [1.165, 1.54) is 0 Å². The molecule has 0 unspecified atom stereocenters. The molecule has 0 aromatic rings. The molecule has 0 aliphatic heterocycles. The van der Waals surface area contributed by atoms with E-state index >= 15 is 0 Å². The minimum Gasteiger partial charge on any atom is -0.481 e. The summed E-state index contributed by atoms with van der Waals surface area (Å²) in [6.45, 7) is 8.69. The second kappa shape index (κ2) is 41.2. The lowest BCUT2D eigenvalue weighted by Crippen LogP contribution is -2.16. The number of hydrogen-bond donors (Lipinski definition) is 2. The third kappa shape index (κ3) is 43.6. The molecular formula is C34H62O18. The van der Waals surface area contributed by atoms with Crippen LogP contribution in [0.2, 0.25) is 0 Å². The van der Waals surface area contributed by atoms with Crippen LogP contribution in [0, 0.1) is 0 Å². The third-order valence-electron chi connectivity index (χ3n) is 6.37. The Morgan fingerprint density at radius 1 is 0.269 bits per heavy atom. The summed E-state index contributed by atoms with van der Waals surface area (Å²) in [5, 5.41) is 17.1. The number of rotatable bonds is 43. The number of carbonyl (C=O) groups is 4. The first-order valence-corrected chi connectivity index (χ1v) is 17.9. The standard InChI is InChI=1S/C34H62O18/c35-31(36)5-1-3-7-33(39)51-29-27-49-25-23-47-21-19-45-17-15-43-13-11-41-9-10-42-12-14-44-16-18-46-20-22-48-24-26-50-28-30-52-34(40)8-4-2-6-32(37)38/h1-30H2,(H,35,36)(H,37,38). The highest BCUT2D eigenvalue weighted by molar-refractivity contribution is 5.70. The van der Waals surface area contributed by atoms with E-state index in [4.69, 9.17) is 67.1 Å². The molecule has 0 spiro atoms. The molecule has 18 nitrogen and oxygen atoms in total. The monoisotopic (exact) mass is 758 g/mol. The van der Waals surface area contributed by atoms with Crippen molar-refractivity contribution in [1.29, 1.82) is 0 Å². The zero-order valence-corrected chi connectivity index (χ0v) is 30.6. The molecule has 0 aliphatic carbocycles. The Balaban J connectivity index is 3.14. The molecule has 0 saturated carbocycles. The maximum Gasteiger partial charge on any atom is 0.305 e. The molecule has 0 aromatic heterocycles. The van der Waals surface area contributed by atoms with Gasteiger partial charge in [0.05, 0.1) is 132 Å². The van der Waals surface area contributed by atoms with Crippen LogP contribution in [0.1, 0.15) is 51.4 Å². The minimum absolute atomic E-state index is 0.0527. The van der Waals surface area contributed by atoms with Crippen LogP contribution in [0.15, 0.2) is 0 Å². The lowest BCUT2D eigenvalue weighted by Gasteiger charge is -2.09. The van der Waals surface area contributed by atoms with Crippen molar-refractivity contribution in [3.05, 3.63) is 0 Å². The van der Waals surface area contributed by atoms with Crippen molar-refractivity contribution in [2.24, 2.45) is 0 Å². The average Bonchev–Trinajstić information content (AvgIpc) is 3.12. The quantitative estimate of drug-likeness (QED) is 0.0665. The number of hydrogen-bond acceptors (Lipinski definition) is 16. The maximum atomic E-state index is 11.5. The SMILES string of the molecule is O=C(O)CCCCC(=O)OCCOCCOCCOCCOCCOCCOCCOCCOCCOCCOCCOC(=O)CCCCC(=O)O. The number of ether oxygens (including phenoxy) is 12. The van der Waals surface area contributed by atoms with Gasteiger partial charge in [0.15, 0.2) is 0 Å². The van der Waals surface area contributed by atoms with E-state index in [1.807, 2.05) is 0 Å². The van der Waals surface area contributed by atoms with E-state index in [1.54, 1.807) is 0 Å². The summed E-state index contributed by atoms with van der Waals surface area (Å²) in [5.41, 5.74) is 0. The van der Waals surface area contributed by atoms with E-state index in [-0.39, 0.29) is 64.0 Å². The van der Waals surface area contributed by atoms with Crippen LogP contribution >= 0.6 is 0 Å². The Bertz CT molecular complexity index is 764. The van der Waals surface area contributed by atoms with Gasteiger partial charge in [-0.3, -0.25) is 19.2 Å². The second-order valence-corrected chi connectivity index (χ2v) is 10.8. The van der Waals surface area contributed by atoms with Crippen molar-refractivity contribution in [1.82, 2.24) is 0 Å². The van der Waals surface area contributed by atoms with Crippen LogP contribution in [0.25, 0.3) is 0 Å². The van der Waals surface area contributed by atoms with Gasteiger partial charge in [0.25, 0.3) is 0 Å². The normalized spacial score (nSPS) is 11.2. The topological polar surface area (TPSA) is 219 Å².